The lowest BCUT2D eigenvalue weighted by Crippen LogP contribution is -2.23. The van der Waals surface area contributed by atoms with Crippen molar-refractivity contribution in [1.82, 2.24) is 15.1 Å². The van der Waals surface area contributed by atoms with Crippen LogP contribution in [0.15, 0.2) is 6.20 Å². The fourth-order valence-electron chi connectivity index (χ4n) is 1.66. The van der Waals surface area contributed by atoms with Gasteiger partial charge in [-0.3, -0.25) is 4.68 Å². The molecule has 98 valence electrons. The molecule has 0 aliphatic carbocycles. The van der Waals surface area contributed by atoms with E-state index in [9.17, 15) is 0 Å². The Morgan fingerprint density at radius 3 is 2.82 bits per heavy atom. The van der Waals surface area contributed by atoms with E-state index in [2.05, 4.69) is 24.3 Å². The van der Waals surface area contributed by atoms with E-state index in [1.165, 1.54) is 6.42 Å². The van der Waals surface area contributed by atoms with E-state index in [0.717, 1.165) is 17.2 Å². The van der Waals surface area contributed by atoms with Gasteiger partial charge in [0.05, 0.1) is 25.0 Å². The predicted octanol–water partition coefficient (Wildman–Crippen LogP) is 2.22. The SMILES string of the molecule is CCC(C)SCC(NC)c1c(OC)cnn1C. The van der Waals surface area contributed by atoms with Gasteiger partial charge < -0.3 is 10.1 Å². The molecule has 0 bridgehead atoms. The molecule has 0 saturated heterocycles. The van der Waals surface area contributed by atoms with Crippen LogP contribution in [-0.4, -0.2) is 34.9 Å². The van der Waals surface area contributed by atoms with Crippen molar-refractivity contribution in [3.63, 3.8) is 0 Å². The molecule has 0 radical (unpaired) electrons. The van der Waals surface area contributed by atoms with Crippen molar-refractivity contribution in [1.29, 1.82) is 0 Å². The van der Waals surface area contributed by atoms with Crippen LogP contribution in [0.2, 0.25) is 0 Å². The van der Waals surface area contributed by atoms with Gasteiger partial charge in [0.2, 0.25) is 0 Å². The minimum atomic E-state index is 0.274. The summed E-state index contributed by atoms with van der Waals surface area (Å²) in [6.07, 6.45) is 2.97. The Bertz CT molecular complexity index is 340. The smallest absolute Gasteiger partial charge is 0.161 e. The molecule has 1 rings (SSSR count). The number of aromatic nitrogens is 2. The van der Waals surface area contributed by atoms with Crippen molar-refractivity contribution < 1.29 is 4.74 Å². The first kappa shape index (κ1) is 14.4. The van der Waals surface area contributed by atoms with Crippen LogP contribution in [0.5, 0.6) is 5.75 Å². The monoisotopic (exact) mass is 257 g/mol. The molecule has 1 heterocycles. The van der Waals surface area contributed by atoms with Crippen LogP contribution in [0.3, 0.4) is 0 Å². The van der Waals surface area contributed by atoms with Crippen molar-refractivity contribution in [2.45, 2.75) is 31.6 Å². The molecule has 1 aromatic rings. The Labute approximate surface area is 108 Å². The Balaban J connectivity index is 2.75. The van der Waals surface area contributed by atoms with Gasteiger partial charge in [0.25, 0.3) is 0 Å². The number of ether oxygens (including phenoxy) is 1. The summed E-state index contributed by atoms with van der Waals surface area (Å²) in [5.41, 5.74) is 1.12. The summed E-state index contributed by atoms with van der Waals surface area (Å²) in [6, 6.07) is 0.274. The molecule has 17 heavy (non-hydrogen) atoms. The number of nitrogens with one attached hydrogen (secondary N) is 1. The molecule has 0 fully saturated rings. The highest BCUT2D eigenvalue weighted by Gasteiger charge is 2.19. The lowest BCUT2D eigenvalue weighted by atomic mass is 10.2. The van der Waals surface area contributed by atoms with Gasteiger partial charge in [-0.05, 0) is 13.5 Å². The number of methoxy groups -OCH3 is 1. The topological polar surface area (TPSA) is 39.1 Å². The van der Waals surface area contributed by atoms with Crippen LogP contribution in [0.1, 0.15) is 32.0 Å². The van der Waals surface area contributed by atoms with E-state index in [1.54, 1.807) is 13.3 Å². The molecule has 1 aromatic heterocycles. The van der Waals surface area contributed by atoms with Crippen LogP contribution >= 0.6 is 11.8 Å². The van der Waals surface area contributed by atoms with E-state index in [0.29, 0.717) is 5.25 Å². The molecule has 2 atom stereocenters. The third-order valence-electron chi connectivity index (χ3n) is 2.97. The number of hydrogen-bond acceptors (Lipinski definition) is 4. The number of nitrogens with zero attached hydrogens (tertiary/aromatic N) is 2. The van der Waals surface area contributed by atoms with E-state index >= 15 is 0 Å². The Hall–Kier alpha value is -0.680. The van der Waals surface area contributed by atoms with Gasteiger partial charge in [-0.25, -0.2) is 0 Å². The Morgan fingerprint density at radius 1 is 1.59 bits per heavy atom. The van der Waals surface area contributed by atoms with Gasteiger partial charge in [0, 0.05) is 18.1 Å². The molecule has 0 aromatic carbocycles. The second-order valence-corrected chi connectivity index (χ2v) is 5.59. The summed E-state index contributed by atoms with van der Waals surface area (Å²) < 4.78 is 7.24. The first-order valence-electron chi connectivity index (χ1n) is 5.98. The first-order chi connectivity index (χ1) is 8.13. The minimum absolute atomic E-state index is 0.274. The summed E-state index contributed by atoms with van der Waals surface area (Å²) in [7, 11) is 5.62. The van der Waals surface area contributed by atoms with E-state index < -0.39 is 0 Å². The summed E-state index contributed by atoms with van der Waals surface area (Å²) in [4.78, 5) is 0. The van der Waals surface area contributed by atoms with Crippen LogP contribution in [0.4, 0.5) is 0 Å². The van der Waals surface area contributed by atoms with Gasteiger partial charge in [-0.15, -0.1) is 0 Å². The van der Waals surface area contributed by atoms with Gasteiger partial charge in [0.15, 0.2) is 5.75 Å². The molecule has 5 heteroatoms. The molecule has 0 aliphatic heterocycles. The lowest BCUT2D eigenvalue weighted by Gasteiger charge is -2.19. The van der Waals surface area contributed by atoms with Gasteiger partial charge in [0.1, 0.15) is 0 Å². The average Bonchev–Trinajstić information content (AvgIpc) is 2.71. The molecular formula is C12H23N3OS. The highest BCUT2D eigenvalue weighted by Crippen LogP contribution is 2.28. The van der Waals surface area contributed by atoms with Gasteiger partial charge in [-0.1, -0.05) is 13.8 Å². The molecule has 2 unspecified atom stereocenters. The quantitative estimate of drug-likeness (QED) is 0.813. The van der Waals surface area contributed by atoms with Crippen molar-refractivity contribution in [3.8, 4) is 5.75 Å². The van der Waals surface area contributed by atoms with Gasteiger partial charge >= 0.3 is 0 Å². The largest absolute Gasteiger partial charge is 0.493 e. The van der Waals surface area contributed by atoms with Crippen LogP contribution in [0.25, 0.3) is 0 Å². The summed E-state index contributed by atoms with van der Waals surface area (Å²) in [5, 5.41) is 8.27. The maximum absolute atomic E-state index is 5.35. The zero-order chi connectivity index (χ0) is 12.8. The van der Waals surface area contributed by atoms with E-state index in [4.69, 9.17) is 4.74 Å². The Kier molecular flexibility index (Phi) is 5.85. The molecule has 0 spiro atoms. The minimum Gasteiger partial charge on any atom is -0.493 e. The maximum atomic E-state index is 5.35. The average molecular weight is 257 g/mol. The summed E-state index contributed by atoms with van der Waals surface area (Å²) >= 11 is 1.98. The Morgan fingerprint density at radius 2 is 2.29 bits per heavy atom. The number of hydrogen-bond donors (Lipinski definition) is 1. The summed E-state index contributed by atoms with van der Waals surface area (Å²) in [6.45, 7) is 4.48. The van der Waals surface area contributed by atoms with Crippen LogP contribution < -0.4 is 10.1 Å². The maximum Gasteiger partial charge on any atom is 0.161 e. The molecule has 0 aliphatic rings. The second-order valence-electron chi connectivity index (χ2n) is 4.12. The van der Waals surface area contributed by atoms with Crippen molar-refractivity contribution in [2.75, 3.05) is 19.9 Å². The molecular weight excluding hydrogens is 234 g/mol. The third-order valence-corrected chi connectivity index (χ3v) is 4.40. The highest BCUT2D eigenvalue weighted by molar-refractivity contribution is 7.99. The normalized spacial score (nSPS) is 14.6. The zero-order valence-corrected chi connectivity index (χ0v) is 12.2. The van der Waals surface area contributed by atoms with E-state index in [-0.39, 0.29) is 6.04 Å². The van der Waals surface area contributed by atoms with Crippen LogP contribution in [0, 0.1) is 0 Å². The van der Waals surface area contributed by atoms with Crippen molar-refractivity contribution in [3.05, 3.63) is 11.9 Å². The zero-order valence-electron chi connectivity index (χ0n) is 11.4. The molecule has 1 N–H and O–H groups in total. The molecule has 0 saturated carbocycles. The van der Waals surface area contributed by atoms with Gasteiger partial charge in [-0.2, -0.15) is 16.9 Å². The van der Waals surface area contributed by atoms with Crippen molar-refractivity contribution in [2.24, 2.45) is 7.05 Å². The predicted molar refractivity (Wildman–Crippen MR) is 73.8 cm³/mol. The second kappa shape index (κ2) is 6.91. The third kappa shape index (κ3) is 3.64. The fraction of sp³-hybridized carbons (Fsp3) is 0.750. The summed E-state index contributed by atoms with van der Waals surface area (Å²) in [5.74, 6) is 1.89. The van der Waals surface area contributed by atoms with Crippen molar-refractivity contribution >= 4 is 11.8 Å². The number of thioether (sulfide) groups is 1. The lowest BCUT2D eigenvalue weighted by molar-refractivity contribution is 0.401. The highest BCUT2D eigenvalue weighted by atomic mass is 32.2. The fourth-order valence-corrected chi connectivity index (χ4v) is 2.74. The number of aryl methyl sites for hydroxylation is 1. The number of rotatable bonds is 7. The molecule has 0 amide bonds. The van der Waals surface area contributed by atoms with Crippen LogP contribution in [-0.2, 0) is 7.05 Å². The van der Waals surface area contributed by atoms with E-state index in [1.807, 2.05) is 30.5 Å². The first-order valence-corrected chi connectivity index (χ1v) is 7.03. The molecule has 4 nitrogen and oxygen atoms in total. The standard InChI is InChI=1S/C12H23N3OS/c1-6-9(2)17-8-10(13-3)12-11(16-5)7-14-15(12)4/h7,9-10,13H,6,8H2,1-5H3.